The number of unbranched alkanes of at least 4 members (excludes halogenated alkanes) is 12. The van der Waals surface area contributed by atoms with Crippen LogP contribution in [0.15, 0.2) is 0 Å². The summed E-state index contributed by atoms with van der Waals surface area (Å²) in [7, 11) is 0. The molecule has 2 unspecified atom stereocenters. The van der Waals surface area contributed by atoms with Crippen LogP contribution < -0.4 is 0 Å². The molecular formula is C26H58O3. The van der Waals surface area contributed by atoms with Gasteiger partial charge >= 0.3 is 0 Å². The van der Waals surface area contributed by atoms with Crippen LogP contribution in [0.4, 0.5) is 0 Å². The average molecular weight is 419 g/mol. The monoisotopic (exact) mass is 418 g/mol. The first-order chi connectivity index (χ1) is 14.1. The van der Waals surface area contributed by atoms with Gasteiger partial charge in [-0.15, -0.1) is 0 Å². The Bertz CT molecular complexity index is 240. The van der Waals surface area contributed by atoms with Gasteiger partial charge in [0.1, 0.15) is 0 Å². The zero-order chi connectivity index (χ0) is 22.6. The van der Waals surface area contributed by atoms with E-state index in [1.807, 2.05) is 27.7 Å². The van der Waals surface area contributed by atoms with Crippen LogP contribution in [-0.2, 0) is 9.47 Å². The second kappa shape index (κ2) is 32.5. The minimum atomic E-state index is -0.0952. The fourth-order valence-electron chi connectivity index (χ4n) is 2.92. The predicted molar refractivity (Wildman–Crippen MR) is 131 cm³/mol. The summed E-state index contributed by atoms with van der Waals surface area (Å²) < 4.78 is 11.1. The maximum atomic E-state index is 8.85. The van der Waals surface area contributed by atoms with E-state index >= 15 is 0 Å². The Kier molecular flexibility index (Phi) is 37.6. The third kappa shape index (κ3) is 35.7. The zero-order valence-corrected chi connectivity index (χ0v) is 21.4. The summed E-state index contributed by atoms with van der Waals surface area (Å²) >= 11 is 0. The van der Waals surface area contributed by atoms with Crippen LogP contribution in [0, 0.1) is 0 Å². The molecule has 0 aliphatic carbocycles. The van der Waals surface area contributed by atoms with Crippen molar-refractivity contribution in [2.45, 2.75) is 151 Å². The van der Waals surface area contributed by atoms with Gasteiger partial charge in [0.2, 0.25) is 0 Å². The summed E-state index contributed by atoms with van der Waals surface area (Å²) in [5.74, 6) is 0. The molecule has 0 saturated carbocycles. The van der Waals surface area contributed by atoms with E-state index in [0.717, 1.165) is 13.0 Å². The highest BCUT2D eigenvalue weighted by Gasteiger charge is 2.07. The third-order valence-corrected chi connectivity index (χ3v) is 4.67. The molecular weight excluding hydrogens is 360 g/mol. The second-order valence-electron chi connectivity index (χ2n) is 7.90. The van der Waals surface area contributed by atoms with Gasteiger partial charge in [-0.25, -0.2) is 0 Å². The van der Waals surface area contributed by atoms with Crippen LogP contribution >= 0.6 is 0 Å². The van der Waals surface area contributed by atoms with Gasteiger partial charge in [0.25, 0.3) is 0 Å². The van der Waals surface area contributed by atoms with Gasteiger partial charge in [-0.3, -0.25) is 0 Å². The lowest BCUT2D eigenvalue weighted by Gasteiger charge is -2.17. The highest BCUT2D eigenvalue weighted by molar-refractivity contribution is 4.53. The van der Waals surface area contributed by atoms with Crippen molar-refractivity contribution in [2.75, 3.05) is 19.8 Å². The van der Waals surface area contributed by atoms with Crippen molar-refractivity contribution in [3.8, 4) is 0 Å². The molecule has 2 atom stereocenters. The Morgan fingerprint density at radius 2 is 0.966 bits per heavy atom. The van der Waals surface area contributed by atoms with Gasteiger partial charge in [0.05, 0.1) is 25.4 Å². The van der Waals surface area contributed by atoms with E-state index in [9.17, 15) is 0 Å². The number of ether oxygens (including phenoxy) is 2. The molecule has 0 aromatic rings. The molecule has 29 heavy (non-hydrogen) atoms. The highest BCUT2D eigenvalue weighted by Crippen LogP contribution is 2.07. The summed E-state index contributed by atoms with van der Waals surface area (Å²) in [6.07, 6.45) is 19.1. The summed E-state index contributed by atoms with van der Waals surface area (Å²) in [6.45, 7) is 16.1. The van der Waals surface area contributed by atoms with Crippen molar-refractivity contribution in [3.63, 3.8) is 0 Å². The van der Waals surface area contributed by atoms with Crippen molar-refractivity contribution < 1.29 is 14.6 Å². The Labute approximate surface area is 185 Å². The Hall–Kier alpha value is -0.120. The molecule has 0 amide bonds. The lowest BCUT2D eigenvalue weighted by molar-refractivity contribution is -0.0586. The van der Waals surface area contributed by atoms with Crippen LogP contribution in [0.5, 0.6) is 0 Å². The van der Waals surface area contributed by atoms with Gasteiger partial charge in [0, 0.05) is 6.61 Å². The molecule has 0 aliphatic heterocycles. The van der Waals surface area contributed by atoms with Crippen LogP contribution in [0.2, 0.25) is 0 Å². The lowest BCUT2D eigenvalue weighted by atomic mass is 10.1. The summed E-state index contributed by atoms with van der Waals surface area (Å²) in [6, 6.07) is 0. The van der Waals surface area contributed by atoms with Gasteiger partial charge in [-0.05, 0) is 20.3 Å². The van der Waals surface area contributed by atoms with Crippen molar-refractivity contribution >= 4 is 0 Å². The van der Waals surface area contributed by atoms with Crippen LogP contribution in [-0.4, -0.2) is 37.1 Å². The Balaban J connectivity index is -0.000000515. The number of hydrogen-bond donors (Lipinski definition) is 1. The van der Waals surface area contributed by atoms with Gasteiger partial charge < -0.3 is 14.6 Å². The van der Waals surface area contributed by atoms with Crippen molar-refractivity contribution in [3.05, 3.63) is 0 Å². The smallest absolute Gasteiger partial charge is 0.0785 e. The fourth-order valence-corrected chi connectivity index (χ4v) is 2.92. The van der Waals surface area contributed by atoms with Gasteiger partial charge in [-0.1, -0.05) is 118 Å². The molecule has 0 heterocycles. The minimum Gasteiger partial charge on any atom is -0.394 e. The second-order valence-corrected chi connectivity index (χ2v) is 7.90. The first kappa shape index (κ1) is 33.5. The highest BCUT2D eigenvalue weighted by atomic mass is 16.5. The molecule has 0 rings (SSSR count). The van der Waals surface area contributed by atoms with Crippen LogP contribution in [0.3, 0.4) is 0 Å². The lowest BCUT2D eigenvalue weighted by Crippen LogP contribution is -2.24. The molecule has 0 bridgehead atoms. The van der Waals surface area contributed by atoms with Gasteiger partial charge in [0.15, 0.2) is 0 Å². The SMILES string of the molecule is CC.CCCCCCCCC.CCCCCCCCCOCC(C)OC(C)CO. The average Bonchev–Trinajstić information content (AvgIpc) is 2.74. The normalized spacial score (nSPS) is 12.4. The molecule has 0 fully saturated rings. The molecule has 0 aliphatic rings. The molecule has 1 N–H and O–H groups in total. The van der Waals surface area contributed by atoms with Crippen molar-refractivity contribution in [1.29, 1.82) is 0 Å². The molecule has 0 aromatic carbocycles. The summed E-state index contributed by atoms with van der Waals surface area (Å²) in [5, 5.41) is 8.85. The standard InChI is InChI=1S/C15H32O3.C9H20.C2H6/c1-4-5-6-7-8-9-10-11-17-13-15(3)18-14(2)12-16;1-3-5-7-9-8-6-4-2;1-2/h14-16H,4-13H2,1-3H3;3-9H2,1-2H3;1-2H3. The molecule has 0 radical (unpaired) electrons. The van der Waals surface area contributed by atoms with E-state index in [4.69, 9.17) is 14.6 Å². The zero-order valence-electron chi connectivity index (χ0n) is 21.4. The number of aliphatic hydroxyl groups is 1. The molecule has 3 heteroatoms. The molecule has 180 valence electrons. The molecule has 0 aromatic heterocycles. The van der Waals surface area contributed by atoms with E-state index in [-0.39, 0.29) is 18.8 Å². The predicted octanol–water partition coefficient (Wildman–Crippen LogP) is 8.32. The van der Waals surface area contributed by atoms with E-state index in [1.165, 1.54) is 83.5 Å². The van der Waals surface area contributed by atoms with E-state index in [0.29, 0.717) is 6.61 Å². The summed E-state index contributed by atoms with van der Waals surface area (Å²) in [4.78, 5) is 0. The Morgan fingerprint density at radius 3 is 1.34 bits per heavy atom. The van der Waals surface area contributed by atoms with Gasteiger partial charge in [-0.2, -0.15) is 0 Å². The van der Waals surface area contributed by atoms with Crippen LogP contribution in [0.25, 0.3) is 0 Å². The maximum Gasteiger partial charge on any atom is 0.0785 e. The maximum absolute atomic E-state index is 8.85. The first-order valence-corrected chi connectivity index (χ1v) is 13.0. The minimum absolute atomic E-state index is 0.0664. The number of aliphatic hydroxyl groups excluding tert-OH is 1. The van der Waals surface area contributed by atoms with Crippen molar-refractivity contribution in [2.24, 2.45) is 0 Å². The third-order valence-electron chi connectivity index (χ3n) is 4.67. The quantitative estimate of drug-likeness (QED) is 0.214. The Morgan fingerprint density at radius 1 is 0.586 bits per heavy atom. The fraction of sp³-hybridized carbons (Fsp3) is 1.00. The first-order valence-electron chi connectivity index (χ1n) is 13.0. The number of hydrogen-bond acceptors (Lipinski definition) is 3. The molecule has 3 nitrogen and oxygen atoms in total. The topological polar surface area (TPSA) is 38.7 Å². The van der Waals surface area contributed by atoms with E-state index in [1.54, 1.807) is 0 Å². The largest absolute Gasteiger partial charge is 0.394 e. The number of rotatable bonds is 19. The van der Waals surface area contributed by atoms with E-state index in [2.05, 4.69) is 20.8 Å². The van der Waals surface area contributed by atoms with Crippen molar-refractivity contribution in [1.82, 2.24) is 0 Å². The molecule has 0 saturated heterocycles. The van der Waals surface area contributed by atoms with E-state index < -0.39 is 0 Å². The molecule has 0 spiro atoms. The summed E-state index contributed by atoms with van der Waals surface area (Å²) in [5.41, 5.74) is 0. The van der Waals surface area contributed by atoms with Crippen LogP contribution in [0.1, 0.15) is 138 Å².